The number of hydrogen-bond acceptors (Lipinski definition) is 5. The maximum Gasteiger partial charge on any atom is 0.254 e. The van der Waals surface area contributed by atoms with Crippen LogP contribution in [-0.4, -0.2) is 51.4 Å². The van der Waals surface area contributed by atoms with Crippen LogP contribution in [0.4, 0.5) is 5.82 Å². The number of benzene rings is 1. The summed E-state index contributed by atoms with van der Waals surface area (Å²) < 4.78 is 7.93. The number of aryl methyl sites for hydroxylation is 1. The molecule has 1 amide bonds. The molecule has 0 bridgehead atoms. The third-order valence-corrected chi connectivity index (χ3v) is 5.94. The number of imidazole rings is 1. The van der Waals surface area contributed by atoms with E-state index in [1.165, 1.54) is 5.56 Å². The van der Waals surface area contributed by atoms with Gasteiger partial charge in [-0.15, -0.1) is 0 Å². The minimum absolute atomic E-state index is 0.00682. The standard InChI is InChI=1S/C25H24ClN5O2/c1-18-5-7-24-28-21(16-31(24)15-18)17-33-22-4-2-3-19(13-22)25(32)30-11-9-29(10-12-30)23-8-6-20(26)14-27-23/h2-8,13-16H,9-12,17H2,1H3. The number of amides is 1. The molecule has 0 radical (unpaired) electrons. The Morgan fingerprint density at radius 2 is 1.91 bits per heavy atom. The molecule has 0 atom stereocenters. The molecule has 33 heavy (non-hydrogen) atoms. The lowest BCUT2D eigenvalue weighted by atomic mass is 10.1. The van der Waals surface area contributed by atoms with E-state index in [-0.39, 0.29) is 5.91 Å². The SMILES string of the molecule is Cc1ccc2nc(COc3cccc(C(=O)N4CCN(c5ccc(Cl)cn5)CC4)c3)cn2c1. The maximum atomic E-state index is 13.1. The van der Waals surface area contributed by atoms with E-state index in [9.17, 15) is 4.79 Å². The number of fused-ring (bicyclic) bond motifs is 1. The second-order valence-corrected chi connectivity index (χ2v) is 8.57. The molecule has 0 unspecified atom stereocenters. The van der Waals surface area contributed by atoms with Crippen molar-refractivity contribution >= 4 is 29.0 Å². The number of aromatic nitrogens is 3. The Kier molecular flexibility index (Phi) is 5.88. The number of ether oxygens (including phenoxy) is 1. The molecule has 1 saturated heterocycles. The first-order valence-electron chi connectivity index (χ1n) is 10.9. The van der Waals surface area contributed by atoms with E-state index in [4.69, 9.17) is 16.3 Å². The maximum absolute atomic E-state index is 13.1. The van der Waals surface area contributed by atoms with Gasteiger partial charge in [-0.1, -0.05) is 23.7 Å². The monoisotopic (exact) mass is 461 g/mol. The quantitative estimate of drug-likeness (QED) is 0.445. The first kappa shape index (κ1) is 21.3. The van der Waals surface area contributed by atoms with Crippen molar-refractivity contribution < 1.29 is 9.53 Å². The summed E-state index contributed by atoms with van der Waals surface area (Å²) >= 11 is 5.93. The van der Waals surface area contributed by atoms with Gasteiger partial charge < -0.3 is 18.9 Å². The molecule has 4 heterocycles. The fourth-order valence-electron chi connectivity index (χ4n) is 3.98. The zero-order valence-corrected chi connectivity index (χ0v) is 19.1. The summed E-state index contributed by atoms with van der Waals surface area (Å²) in [6.07, 6.45) is 5.65. The van der Waals surface area contributed by atoms with Gasteiger partial charge >= 0.3 is 0 Å². The summed E-state index contributed by atoms with van der Waals surface area (Å²) in [5.41, 5.74) is 3.51. The highest BCUT2D eigenvalue weighted by Crippen LogP contribution is 2.20. The van der Waals surface area contributed by atoms with Gasteiger partial charge in [0.1, 0.15) is 23.8 Å². The second-order valence-electron chi connectivity index (χ2n) is 8.13. The molecular formula is C25H24ClN5O2. The van der Waals surface area contributed by atoms with Crippen LogP contribution in [-0.2, 0) is 6.61 Å². The Morgan fingerprint density at radius 1 is 1.06 bits per heavy atom. The van der Waals surface area contributed by atoms with E-state index in [2.05, 4.69) is 14.9 Å². The van der Waals surface area contributed by atoms with Crippen molar-refractivity contribution in [3.8, 4) is 5.75 Å². The van der Waals surface area contributed by atoms with Crippen molar-refractivity contribution in [1.29, 1.82) is 0 Å². The second kappa shape index (κ2) is 9.11. The molecule has 0 saturated carbocycles. The van der Waals surface area contributed by atoms with Crippen molar-refractivity contribution in [2.24, 2.45) is 0 Å². The highest BCUT2D eigenvalue weighted by atomic mass is 35.5. The molecule has 7 nitrogen and oxygen atoms in total. The summed E-state index contributed by atoms with van der Waals surface area (Å²) in [6, 6.07) is 15.1. The number of halogens is 1. The van der Waals surface area contributed by atoms with E-state index in [1.54, 1.807) is 12.3 Å². The number of piperazine rings is 1. The van der Waals surface area contributed by atoms with Crippen molar-refractivity contribution in [3.63, 3.8) is 0 Å². The number of nitrogens with zero attached hydrogens (tertiary/aromatic N) is 5. The third-order valence-electron chi connectivity index (χ3n) is 5.72. The Bertz CT molecular complexity index is 1280. The predicted octanol–water partition coefficient (Wildman–Crippen LogP) is 4.23. The summed E-state index contributed by atoms with van der Waals surface area (Å²) in [5, 5.41) is 0.617. The van der Waals surface area contributed by atoms with E-state index in [0.717, 1.165) is 30.2 Å². The van der Waals surface area contributed by atoms with Crippen LogP contribution in [0.5, 0.6) is 5.75 Å². The molecule has 0 aliphatic carbocycles. The van der Waals surface area contributed by atoms with E-state index >= 15 is 0 Å². The van der Waals surface area contributed by atoms with Gasteiger partial charge in [0.25, 0.3) is 5.91 Å². The van der Waals surface area contributed by atoms with Crippen LogP contribution in [0.15, 0.2) is 67.1 Å². The summed E-state index contributed by atoms with van der Waals surface area (Å²) in [7, 11) is 0. The Balaban J connectivity index is 1.20. The number of hydrogen-bond donors (Lipinski definition) is 0. The topological polar surface area (TPSA) is 63.0 Å². The van der Waals surface area contributed by atoms with Crippen molar-refractivity contribution in [2.45, 2.75) is 13.5 Å². The molecule has 0 N–H and O–H groups in total. The smallest absolute Gasteiger partial charge is 0.254 e. The first-order valence-corrected chi connectivity index (χ1v) is 11.3. The van der Waals surface area contributed by atoms with Gasteiger partial charge in [0.05, 0.1) is 10.7 Å². The Labute approximate surface area is 197 Å². The van der Waals surface area contributed by atoms with Gasteiger partial charge in [-0.25, -0.2) is 9.97 Å². The highest BCUT2D eigenvalue weighted by molar-refractivity contribution is 6.30. The minimum atomic E-state index is 0.00682. The zero-order chi connectivity index (χ0) is 22.8. The number of rotatable bonds is 5. The summed E-state index contributed by atoms with van der Waals surface area (Å²) in [4.78, 5) is 26.1. The molecule has 1 aromatic carbocycles. The fourth-order valence-corrected chi connectivity index (χ4v) is 4.09. The zero-order valence-electron chi connectivity index (χ0n) is 18.3. The van der Waals surface area contributed by atoms with Gasteiger partial charge in [-0.3, -0.25) is 4.79 Å². The van der Waals surface area contributed by atoms with Gasteiger partial charge in [0.15, 0.2) is 0 Å². The van der Waals surface area contributed by atoms with Gasteiger partial charge in [-0.2, -0.15) is 0 Å². The number of pyridine rings is 2. The molecule has 8 heteroatoms. The van der Waals surface area contributed by atoms with Crippen LogP contribution in [0.1, 0.15) is 21.6 Å². The third kappa shape index (κ3) is 4.78. The Morgan fingerprint density at radius 3 is 2.70 bits per heavy atom. The molecule has 3 aromatic heterocycles. The van der Waals surface area contributed by atoms with Crippen molar-refractivity contribution in [1.82, 2.24) is 19.3 Å². The number of carbonyl (C=O) groups excluding carboxylic acids is 1. The fraction of sp³-hybridized carbons (Fsp3) is 0.240. The largest absolute Gasteiger partial charge is 0.487 e. The lowest BCUT2D eigenvalue weighted by molar-refractivity contribution is 0.0746. The predicted molar refractivity (Wildman–Crippen MR) is 128 cm³/mol. The van der Waals surface area contributed by atoms with Gasteiger partial charge in [0.2, 0.25) is 0 Å². The normalized spacial score (nSPS) is 14.0. The van der Waals surface area contributed by atoms with Crippen molar-refractivity contribution in [2.75, 3.05) is 31.1 Å². The van der Waals surface area contributed by atoms with Gasteiger partial charge in [0, 0.05) is 50.3 Å². The number of anilines is 1. The van der Waals surface area contributed by atoms with Crippen LogP contribution in [0, 0.1) is 6.92 Å². The molecule has 5 rings (SSSR count). The molecule has 0 spiro atoms. The van der Waals surface area contributed by atoms with E-state index in [1.807, 2.05) is 71.1 Å². The Hall–Kier alpha value is -3.58. The molecule has 1 aliphatic rings. The van der Waals surface area contributed by atoms with Crippen LogP contribution >= 0.6 is 11.6 Å². The minimum Gasteiger partial charge on any atom is -0.487 e. The van der Waals surface area contributed by atoms with Crippen LogP contribution < -0.4 is 9.64 Å². The lowest BCUT2D eigenvalue weighted by Crippen LogP contribution is -2.49. The van der Waals surface area contributed by atoms with E-state index in [0.29, 0.717) is 36.0 Å². The molecule has 1 fully saturated rings. The van der Waals surface area contributed by atoms with Crippen LogP contribution in [0.2, 0.25) is 5.02 Å². The molecular weight excluding hydrogens is 438 g/mol. The molecule has 4 aromatic rings. The van der Waals surface area contributed by atoms with Gasteiger partial charge in [-0.05, 0) is 48.9 Å². The molecule has 168 valence electrons. The summed E-state index contributed by atoms with van der Waals surface area (Å²) in [5.74, 6) is 1.54. The van der Waals surface area contributed by atoms with Crippen molar-refractivity contribution in [3.05, 3.63) is 89.0 Å². The first-order chi connectivity index (χ1) is 16.0. The molecule has 1 aliphatic heterocycles. The van der Waals surface area contributed by atoms with Crippen LogP contribution in [0.25, 0.3) is 5.65 Å². The summed E-state index contributed by atoms with van der Waals surface area (Å²) in [6.45, 7) is 5.11. The number of carbonyl (C=O) groups is 1. The lowest BCUT2D eigenvalue weighted by Gasteiger charge is -2.35. The van der Waals surface area contributed by atoms with Crippen LogP contribution in [0.3, 0.4) is 0 Å². The average molecular weight is 462 g/mol. The average Bonchev–Trinajstić information content (AvgIpc) is 3.25. The van der Waals surface area contributed by atoms with E-state index < -0.39 is 0 Å². The highest BCUT2D eigenvalue weighted by Gasteiger charge is 2.23.